The van der Waals surface area contributed by atoms with Gasteiger partial charge < -0.3 is 15.8 Å². The molecule has 0 spiro atoms. The summed E-state index contributed by atoms with van der Waals surface area (Å²) in [6, 6.07) is 5.25. The predicted octanol–water partition coefficient (Wildman–Crippen LogP) is 3.52. The van der Waals surface area contributed by atoms with Gasteiger partial charge in [0.15, 0.2) is 5.13 Å². The minimum absolute atomic E-state index is 0.321. The summed E-state index contributed by atoms with van der Waals surface area (Å²) in [5, 5.41) is 3.95. The van der Waals surface area contributed by atoms with Crippen LogP contribution in [0.4, 0.5) is 16.5 Å². The molecule has 112 valence electrons. The number of carbonyl (C=O) groups excluding carboxylic acids is 1. The summed E-state index contributed by atoms with van der Waals surface area (Å²) in [5.41, 5.74) is 8.53. The molecule has 0 atom stereocenters. The number of benzene rings is 1. The number of hydrogen-bond acceptors (Lipinski definition) is 6. The smallest absolute Gasteiger partial charge is 0.340 e. The van der Waals surface area contributed by atoms with E-state index in [9.17, 15) is 4.79 Å². The molecule has 2 rings (SSSR count). The van der Waals surface area contributed by atoms with Crippen LogP contribution in [0.2, 0.25) is 0 Å². The van der Waals surface area contributed by atoms with Gasteiger partial charge in [-0.15, -0.1) is 11.3 Å². The first-order chi connectivity index (χ1) is 10.1. The molecule has 0 unspecified atom stereocenters. The number of nitrogen functional groups attached to an aromatic ring is 1. The van der Waals surface area contributed by atoms with Gasteiger partial charge in [0.2, 0.25) is 0 Å². The molecule has 0 saturated carbocycles. The van der Waals surface area contributed by atoms with Crippen LogP contribution in [0.25, 0.3) is 0 Å². The molecular formula is C15H19N3O2S. The van der Waals surface area contributed by atoms with E-state index < -0.39 is 5.97 Å². The van der Waals surface area contributed by atoms with Crippen LogP contribution in [-0.2, 0) is 11.2 Å². The standard InChI is InChI=1S/C15H19N3O2S/c1-4-11-9(3)21-15(17-11)18-12-8-6-7-10(13(12)16)14(19)20-5-2/h6-8H,4-5,16H2,1-3H3,(H,17,18). The number of rotatable bonds is 5. The third-order valence-corrected chi connectivity index (χ3v) is 4.00. The summed E-state index contributed by atoms with van der Waals surface area (Å²) < 4.78 is 4.99. The zero-order chi connectivity index (χ0) is 15.4. The molecule has 0 bridgehead atoms. The van der Waals surface area contributed by atoms with Gasteiger partial charge in [-0.3, -0.25) is 0 Å². The van der Waals surface area contributed by atoms with Gasteiger partial charge in [0.05, 0.1) is 29.2 Å². The number of aryl methyl sites for hydroxylation is 2. The lowest BCUT2D eigenvalue weighted by Crippen LogP contribution is -2.09. The lowest BCUT2D eigenvalue weighted by atomic mass is 10.1. The van der Waals surface area contributed by atoms with E-state index in [-0.39, 0.29) is 0 Å². The van der Waals surface area contributed by atoms with Crippen molar-refractivity contribution >= 4 is 33.8 Å². The van der Waals surface area contributed by atoms with Gasteiger partial charge in [-0.1, -0.05) is 13.0 Å². The van der Waals surface area contributed by atoms with Gasteiger partial charge in [-0.2, -0.15) is 0 Å². The number of anilines is 3. The molecule has 1 aromatic carbocycles. The monoisotopic (exact) mass is 305 g/mol. The largest absolute Gasteiger partial charge is 0.462 e. The van der Waals surface area contributed by atoms with Crippen molar-refractivity contribution in [2.24, 2.45) is 0 Å². The summed E-state index contributed by atoms with van der Waals surface area (Å²) >= 11 is 1.57. The number of ether oxygens (including phenoxy) is 1. The Kier molecular flexibility index (Phi) is 4.80. The number of esters is 1. The van der Waals surface area contributed by atoms with Gasteiger partial charge in [-0.25, -0.2) is 9.78 Å². The molecule has 0 amide bonds. The summed E-state index contributed by atoms with van der Waals surface area (Å²) in [5.74, 6) is -0.414. The van der Waals surface area contributed by atoms with Crippen LogP contribution in [0.3, 0.4) is 0 Å². The Labute approximate surface area is 128 Å². The minimum Gasteiger partial charge on any atom is -0.462 e. The zero-order valence-corrected chi connectivity index (χ0v) is 13.2. The second-order valence-corrected chi connectivity index (χ2v) is 5.69. The number of nitrogens with two attached hydrogens (primary N) is 1. The Morgan fingerprint density at radius 1 is 1.43 bits per heavy atom. The Morgan fingerprint density at radius 2 is 2.19 bits per heavy atom. The Morgan fingerprint density at radius 3 is 2.81 bits per heavy atom. The maximum Gasteiger partial charge on any atom is 0.340 e. The molecule has 0 aliphatic heterocycles. The maximum absolute atomic E-state index is 11.8. The van der Waals surface area contributed by atoms with Crippen molar-refractivity contribution < 1.29 is 9.53 Å². The van der Waals surface area contributed by atoms with Crippen molar-refractivity contribution in [2.75, 3.05) is 17.7 Å². The third kappa shape index (κ3) is 3.33. The average molecular weight is 305 g/mol. The molecule has 0 aliphatic rings. The second kappa shape index (κ2) is 6.58. The molecule has 21 heavy (non-hydrogen) atoms. The van der Waals surface area contributed by atoms with Crippen LogP contribution in [0.5, 0.6) is 0 Å². The van der Waals surface area contributed by atoms with E-state index in [1.165, 1.54) is 4.88 Å². The Balaban J connectivity index is 2.27. The van der Waals surface area contributed by atoms with Gasteiger partial charge in [0, 0.05) is 4.88 Å². The minimum atomic E-state index is -0.414. The first kappa shape index (κ1) is 15.3. The third-order valence-electron chi connectivity index (χ3n) is 3.07. The second-order valence-electron chi connectivity index (χ2n) is 4.49. The molecule has 0 aliphatic carbocycles. The zero-order valence-electron chi connectivity index (χ0n) is 12.4. The van der Waals surface area contributed by atoms with Gasteiger partial charge in [0.25, 0.3) is 0 Å². The highest BCUT2D eigenvalue weighted by molar-refractivity contribution is 7.15. The fraction of sp³-hybridized carbons (Fsp3) is 0.333. The molecular weight excluding hydrogens is 286 g/mol. The quantitative estimate of drug-likeness (QED) is 0.653. The van der Waals surface area contributed by atoms with Gasteiger partial charge in [0.1, 0.15) is 0 Å². The van der Waals surface area contributed by atoms with E-state index in [0.717, 1.165) is 17.2 Å². The number of hydrogen-bond donors (Lipinski definition) is 2. The van der Waals surface area contributed by atoms with E-state index in [0.29, 0.717) is 23.5 Å². The number of carbonyl (C=O) groups is 1. The van der Waals surface area contributed by atoms with Crippen molar-refractivity contribution in [1.29, 1.82) is 0 Å². The van der Waals surface area contributed by atoms with E-state index in [4.69, 9.17) is 10.5 Å². The molecule has 5 nitrogen and oxygen atoms in total. The van der Waals surface area contributed by atoms with Crippen LogP contribution < -0.4 is 11.1 Å². The number of nitrogens with zero attached hydrogens (tertiary/aromatic N) is 1. The van der Waals surface area contributed by atoms with Crippen LogP contribution in [0.1, 0.15) is 34.8 Å². The number of para-hydroxylation sites is 1. The molecule has 2 aromatic rings. The predicted molar refractivity (Wildman–Crippen MR) is 86.3 cm³/mol. The molecule has 1 heterocycles. The molecule has 3 N–H and O–H groups in total. The maximum atomic E-state index is 11.8. The summed E-state index contributed by atoms with van der Waals surface area (Å²) in [6.45, 7) is 6.20. The van der Waals surface area contributed by atoms with Crippen LogP contribution in [0.15, 0.2) is 18.2 Å². The van der Waals surface area contributed by atoms with Crippen molar-refractivity contribution in [3.05, 3.63) is 34.3 Å². The van der Waals surface area contributed by atoms with E-state index >= 15 is 0 Å². The highest BCUT2D eigenvalue weighted by atomic mass is 32.1. The normalized spacial score (nSPS) is 10.4. The van der Waals surface area contributed by atoms with Crippen molar-refractivity contribution in [2.45, 2.75) is 27.2 Å². The van der Waals surface area contributed by atoms with Crippen molar-refractivity contribution in [3.8, 4) is 0 Å². The fourth-order valence-corrected chi connectivity index (χ4v) is 2.90. The summed E-state index contributed by atoms with van der Waals surface area (Å²) in [4.78, 5) is 17.5. The fourth-order valence-electron chi connectivity index (χ4n) is 1.99. The summed E-state index contributed by atoms with van der Waals surface area (Å²) in [6.07, 6.45) is 0.891. The van der Waals surface area contributed by atoms with E-state index in [2.05, 4.69) is 17.2 Å². The van der Waals surface area contributed by atoms with Crippen LogP contribution in [-0.4, -0.2) is 17.6 Å². The van der Waals surface area contributed by atoms with Crippen molar-refractivity contribution in [1.82, 2.24) is 4.98 Å². The average Bonchev–Trinajstić information content (AvgIpc) is 2.81. The lowest BCUT2D eigenvalue weighted by Gasteiger charge is -2.10. The topological polar surface area (TPSA) is 77.2 Å². The molecule has 1 aromatic heterocycles. The number of thiazole rings is 1. The van der Waals surface area contributed by atoms with Crippen molar-refractivity contribution in [3.63, 3.8) is 0 Å². The number of aromatic nitrogens is 1. The Bertz CT molecular complexity index is 652. The van der Waals surface area contributed by atoms with E-state index in [1.807, 2.05) is 13.0 Å². The highest BCUT2D eigenvalue weighted by Gasteiger charge is 2.14. The highest BCUT2D eigenvalue weighted by Crippen LogP contribution is 2.30. The van der Waals surface area contributed by atoms with Crippen LogP contribution >= 0.6 is 11.3 Å². The molecule has 6 heteroatoms. The van der Waals surface area contributed by atoms with Crippen LogP contribution in [0, 0.1) is 6.92 Å². The Hall–Kier alpha value is -2.08. The molecule has 0 radical (unpaired) electrons. The van der Waals surface area contributed by atoms with Gasteiger partial charge >= 0.3 is 5.97 Å². The SMILES string of the molecule is CCOC(=O)c1cccc(Nc2nc(CC)c(C)s2)c1N. The first-order valence-corrected chi connectivity index (χ1v) is 7.67. The number of nitrogens with one attached hydrogen (secondary N) is 1. The molecule has 0 fully saturated rings. The lowest BCUT2D eigenvalue weighted by molar-refractivity contribution is 0.0527. The van der Waals surface area contributed by atoms with Gasteiger partial charge in [-0.05, 0) is 32.4 Å². The summed E-state index contributed by atoms with van der Waals surface area (Å²) in [7, 11) is 0. The first-order valence-electron chi connectivity index (χ1n) is 6.85. The molecule has 0 saturated heterocycles. The van der Waals surface area contributed by atoms with E-state index in [1.54, 1.807) is 30.4 Å².